The molecule has 1 aliphatic heterocycles. The van der Waals surface area contributed by atoms with Crippen LogP contribution in [0.4, 0.5) is 5.95 Å². The van der Waals surface area contributed by atoms with Crippen molar-refractivity contribution >= 4 is 21.6 Å². The van der Waals surface area contributed by atoms with Crippen molar-refractivity contribution < 1.29 is 13.2 Å². The average molecular weight is 432 g/mol. The van der Waals surface area contributed by atoms with Crippen LogP contribution in [0.25, 0.3) is 16.8 Å². The fourth-order valence-corrected chi connectivity index (χ4v) is 4.63. The van der Waals surface area contributed by atoms with Gasteiger partial charge in [-0.05, 0) is 37.7 Å². The molecule has 11 heteroatoms. The lowest BCUT2D eigenvalue weighted by Gasteiger charge is -2.30. The van der Waals surface area contributed by atoms with Crippen LogP contribution in [-0.4, -0.2) is 69.5 Å². The lowest BCUT2D eigenvalue weighted by molar-refractivity contribution is 0.302. The Kier molecular flexibility index (Phi) is 4.86. The summed E-state index contributed by atoms with van der Waals surface area (Å²) in [6, 6.07) is 2.09. The van der Waals surface area contributed by atoms with Gasteiger partial charge in [0.15, 0.2) is 11.4 Å². The van der Waals surface area contributed by atoms with Gasteiger partial charge in [0.1, 0.15) is 0 Å². The number of fused-ring (bicyclic) bond motifs is 1. The molecule has 1 aliphatic carbocycles. The largest absolute Gasteiger partial charge is 0.489 e. The van der Waals surface area contributed by atoms with Gasteiger partial charge >= 0.3 is 0 Å². The first-order chi connectivity index (χ1) is 14.5. The summed E-state index contributed by atoms with van der Waals surface area (Å²) in [6.45, 7) is 1.68. The number of aromatic nitrogens is 5. The van der Waals surface area contributed by atoms with E-state index in [1.54, 1.807) is 10.7 Å². The van der Waals surface area contributed by atoms with E-state index in [1.807, 2.05) is 18.5 Å². The van der Waals surface area contributed by atoms with Crippen molar-refractivity contribution in [3.8, 4) is 16.9 Å². The number of nitrogens with one attached hydrogen (secondary N) is 2. The summed E-state index contributed by atoms with van der Waals surface area (Å²) in [5, 5.41) is 14.8. The van der Waals surface area contributed by atoms with Gasteiger partial charge in [-0.25, -0.2) is 17.2 Å². The highest BCUT2D eigenvalue weighted by atomic mass is 32.2. The summed E-state index contributed by atoms with van der Waals surface area (Å²) in [5.74, 6) is 1.84. The van der Waals surface area contributed by atoms with Gasteiger partial charge in [0.05, 0.1) is 19.1 Å². The number of hydrogen-bond acceptors (Lipinski definition) is 7. The SMILES string of the molecule is CS(=O)(=O)N1CCC(Nc2nc3c(OCC4CC4)c(-c4cn[nH]c4)ccn3n2)CC1. The Bertz CT molecular complexity index is 1130. The Morgan fingerprint density at radius 3 is 2.73 bits per heavy atom. The maximum absolute atomic E-state index is 11.7. The van der Waals surface area contributed by atoms with Crippen molar-refractivity contribution in [1.82, 2.24) is 29.1 Å². The van der Waals surface area contributed by atoms with Crippen LogP contribution in [0.3, 0.4) is 0 Å². The van der Waals surface area contributed by atoms with Crippen LogP contribution in [0.15, 0.2) is 24.7 Å². The second-order valence-corrected chi connectivity index (χ2v) is 10.1. The van der Waals surface area contributed by atoms with E-state index < -0.39 is 10.0 Å². The fourth-order valence-electron chi connectivity index (χ4n) is 3.75. The van der Waals surface area contributed by atoms with E-state index in [1.165, 1.54) is 23.4 Å². The minimum Gasteiger partial charge on any atom is -0.489 e. The van der Waals surface area contributed by atoms with Gasteiger partial charge in [-0.15, -0.1) is 5.10 Å². The first-order valence-corrected chi connectivity index (χ1v) is 12.1. The highest BCUT2D eigenvalue weighted by molar-refractivity contribution is 7.88. The van der Waals surface area contributed by atoms with Crippen LogP contribution in [0.1, 0.15) is 25.7 Å². The second kappa shape index (κ2) is 7.55. The molecule has 0 amide bonds. The molecule has 2 fully saturated rings. The summed E-state index contributed by atoms with van der Waals surface area (Å²) < 4.78 is 32.8. The van der Waals surface area contributed by atoms with Crippen LogP contribution in [0.5, 0.6) is 5.75 Å². The summed E-state index contributed by atoms with van der Waals surface area (Å²) in [5.41, 5.74) is 2.52. The summed E-state index contributed by atoms with van der Waals surface area (Å²) in [4.78, 5) is 4.70. The molecule has 3 aromatic heterocycles. The van der Waals surface area contributed by atoms with Gasteiger partial charge < -0.3 is 10.1 Å². The van der Waals surface area contributed by atoms with E-state index >= 15 is 0 Å². The normalized spacial score (nSPS) is 18.7. The number of hydrogen-bond donors (Lipinski definition) is 2. The zero-order valence-electron chi connectivity index (χ0n) is 16.8. The Hall–Kier alpha value is -2.66. The van der Waals surface area contributed by atoms with E-state index in [2.05, 4.69) is 20.6 Å². The first-order valence-electron chi connectivity index (χ1n) is 10.2. The molecule has 0 bridgehead atoms. The van der Waals surface area contributed by atoms with Gasteiger partial charge in [0, 0.05) is 42.7 Å². The molecular formula is C19H25N7O3S. The molecule has 160 valence electrons. The van der Waals surface area contributed by atoms with Gasteiger partial charge in [0.25, 0.3) is 0 Å². The molecule has 2 aliphatic rings. The van der Waals surface area contributed by atoms with E-state index in [-0.39, 0.29) is 6.04 Å². The average Bonchev–Trinajstić information content (AvgIpc) is 3.21. The molecule has 1 saturated carbocycles. The van der Waals surface area contributed by atoms with Gasteiger partial charge in [-0.3, -0.25) is 5.10 Å². The van der Waals surface area contributed by atoms with Crippen LogP contribution in [0.2, 0.25) is 0 Å². The molecule has 0 aromatic carbocycles. The van der Waals surface area contributed by atoms with Gasteiger partial charge in [-0.1, -0.05) is 0 Å². The minimum absolute atomic E-state index is 0.129. The van der Waals surface area contributed by atoms with Crippen LogP contribution in [0, 0.1) is 5.92 Å². The van der Waals surface area contributed by atoms with Crippen molar-refractivity contribution in [2.45, 2.75) is 31.7 Å². The van der Waals surface area contributed by atoms with Gasteiger partial charge in [0.2, 0.25) is 16.0 Å². The number of aromatic amines is 1. The molecule has 4 heterocycles. The Balaban J connectivity index is 1.39. The Labute approximate surface area is 174 Å². The van der Waals surface area contributed by atoms with E-state index in [4.69, 9.17) is 9.72 Å². The molecule has 30 heavy (non-hydrogen) atoms. The summed E-state index contributed by atoms with van der Waals surface area (Å²) >= 11 is 0. The van der Waals surface area contributed by atoms with Crippen molar-refractivity contribution in [2.75, 3.05) is 31.3 Å². The minimum atomic E-state index is -3.14. The molecule has 3 aromatic rings. The zero-order valence-corrected chi connectivity index (χ0v) is 17.6. The monoisotopic (exact) mass is 431 g/mol. The topological polar surface area (TPSA) is 118 Å². The lowest BCUT2D eigenvalue weighted by Crippen LogP contribution is -2.41. The van der Waals surface area contributed by atoms with Crippen LogP contribution < -0.4 is 10.1 Å². The van der Waals surface area contributed by atoms with Crippen molar-refractivity contribution in [1.29, 1.82) is 0 Å². The van der Waals surface area contributed by atoms with Crippen LogP contribution in [-0.2, 0) is 10.0 Å². The number of piperidine rings is 1. The maximum Gasteiger partial charge on any atom is 0.243 e. The highest BCUT2D eigenvalue weighted by Crippen LogP contribution is 2.36. The first kappa shape index (κ1) is 19.3. The summed E-state index contributed by atoms with van der Waals surface area (Å²) in [6.07, 6.45) is 10.6. The molecule has 0 unspecified atom stereocenters. The number of nitrogens with zero attached hydrogens (tertiary/aromatic N) is 5. The van der Waals surface area contributed by atoms with Crippen molar-refractivity contribution in [3.63, 3.8) is 0 Å². The predicted molar refractivity (Wildman–Crippen MR) is 112 cm³/mol. The number of ether oxygens (including phenoxy) is 1. The van der Waals surface area contributed by atoms with Crippen LogP contribution >= 0.6 is 0 Å². The Morgan fingerprint density at radius 1 is 1.27 bits per heavy atom. The fraction of sp³-hybridized carbons (Fsp3) is 0.526. The molecule has 0 radical (unpaired) electrons. The van der Waals surface area contributed by atoms with Crippen molar-refractivity contribution in [2.24, 2.45) is 5.92 Å². The molecule has 1 saturated heterocycles. The number of sulfonamides is 1. The number of pyridine rings is 1. The zero-order chi connectivity index (χ0) is 20.7. The smallest absolute Gasteiger partial charge is 0.243 e. The molecule has 0 spiro atoms. The van der Waals surface area contributed by atoms with E-state index in [0.717, 1.165) is 11.1 Å². The molecule has 5 rings (SSSR count). The molecule has 10 nitrogen and oxygen atoms in total. The quantitative estimate of drug-likeness (QED) is 0.585. The number of anilines is 1. The predicted octanol–water partition coefficient (Wildman–Crippen LogP) is 1.74. The lowest BCUT2D eigenvalue weighted by atomic mass is 10.1. The summed E-state index contributed by atoms with van der Waals surface area (Å²) in [7, 11) is -3.14. The maximum atomic E-state index is 11.7. The van der Waals surface area contributed by atoms with E-state index in [9.17, 15) is 8.42 Å². The Morgan fingerprint density at radius 2 is 2.07 bits per heavy atom. The standard InChI is InChI=1S/C19H25N7O3S/c1-30(27,28)25-7-4-15(5-8-25)22-19-23-18-17(29-12-13-2-3-13)16(6-9-26(18)24-19)14-10-20-21-11-14/h6,9-11,13,15H,2-5,7-8,12H2,1H3,(H,20,21)(H,22,24). The third kappa shape index (κ3) is 3.99. The number of rotatable bonds is 7. The third-order valence-corrected chi connectivity index (χ3v) is 6.99. The van der Waals surface area contributed by atoms with E-state index in [0.29, 0.717) is 55.8 Å². The number of H-pyrrole nitrogens is 1. The van der Waals surface area contributed by atoms with Gasteiger partial charge in [-0.2, -0.15) is 10.1 Å². The third-order valence-electron chi connectivity index (χ3n) is 5.69. The molecule has 2 N–H and O–H groups in total. The highest BCUT2D eigenvalue weighted by Gasteiger charge is 2.27. The second-order valence-electron chi connectivity index (χ2n) is 8.08. The molecular weight excluding hydrogens is 406 g/mol. The van der Waals surface area contributed by atoms with Crippen molar-refractivity contribution in [3.05, 3.63) is 24.7 Å². The molecule has 0 atom stereocenters.